The summed E-state index contributed by atoms with van der Waals surface area (Å²) in [4.78, 5) is 1.70. The van der Waals surface area contributed by atoms with Crippen LogP contribution in [0.25, 0.3) is 0 Å². The van der Waals surface area contributed by atoms with E-state index in [9.17, 15) is 12.9 Å². The maximum absolute atomic E-state index is 12.3. The number of ether oxygens (including phenoxy) is 1. The first-order valence-corrected chi connectivity index (χ1v) is 5.53. The molecule has 0 atom stereocenters. The SMILES string of the molecule is C=C(CN(C)CC1CCOCC1)[B-](F)(F)F.[K+]. The fourth-order valence-corrected chi connectivity index (χ4v) is 1.88. The molecule has 0 N–H and O–H groups in total. The summed E-state index contributed by atoms with van der Waals surface area (Å²) in [5, 5.41) is 0. The average molecular weight is 275 g/mol. The number of rotatable bonds is 5. The van der Waals surface area contributed by atoms with E-state index in [4.69, 9.17) is 4.74 Å². The number of hydrogen-bond donors (Lipinski definition) is 0. The second kappa shape index (κ2) is 8.35. The molecule has 1 aliphatic heterocycles. The molecule has 0 aromatic heterocycles. The van der Waals surface area contributed by atoms with Crippen LogP contribution in [0.1, 0.15) is 12.8 Å². The van der Waals surface area contributed by atoms with Gasteiger partial charge in [-0.05, 0) is 32.4 Å². The Bertz CT molecular complexity index is 244. The van der Waals surface area contributed by atoms with Gasteiger partial charge in [0, 0.05) is 19.8 Å². The monoisotopic (exact) mass is 275 g/mol. The van der Waals surface area contributed by atoms with Gasteiger partial charge in [0.05, 0.1) is 0 Å². The van der Waals surface area contributed by atoms with Gasteiger partial charge < -0.3 is 22.6 Å². The minimum atomic E-state index is -4.89. The molecule has 94 valence electrons. The molecule has 17 heavy (non-hydrogen) atoms. The molecule has 0 unspecified atom stereocenters. The summed E-state index contributed by atoms with van der Waals surface area (Å²) in [6.45, 7) is 0.259. The molecule has 1 fully saturated rings. The Labute approximate surface area is 143 Å². The van der Waals surface area contributed by atoms with Gasteiger partial charge in [-0.2, -0.15) is 0 Å². The van der Waals surface area contributed by atoms with Crippen LogP contribution < -0.4 is 51.4 Å². The quantitative estimate of drug-likeness (QED) is 0.615. The van der Waals surface area contributed by atoms with E-state index in [1.165, 1.54) is 0 Å². The zero-order chi connectivity index (χ0) is 12.2. The van der Waals surface area contributed by atoms with Crippen molar-refractivity contribution in [2.75, 3.05) is 33.4 Å². The summed E-state index contributed by atoms with van der Waals surface area (Å²) in [5.74, 6) is 0.451. The smallest absolute Gasteiger partial charge is 0.445 e. The predicted molar refractivity (Wildman–Crippen MR) is 59.3 cm³/mol. The molecule has 1 heterocycles. The fraction of sp³-hybridized carbons (Fsp3) is 0.800. The van der Waals surface area contributed by atoms with E-state index in [1.807, 2.05) is 0 Å². The third-order valence-corrected chi connectivity index (χ3v) is 2.85. The van der Waals surface area contributed by atoms with Crippen LogP contribution >= 0.6 is 0 Å². The van der Waals surface area contributed by atoms with E-state index in [0.717, 1.165) is 26.1 Å². The second-order valence-electron chi connectivity index (χ2n) is 4.49. The van der Waals surface area contributed by atoms with Crippen LogP contribution in [0.4, 0.5) is 12.9 Å². The van der Waals surface area contributed by atoms with Crippen LogP contribution in [-0.2, 0) is 4.74 Å². The summed E-state index contributed by atoms with van der Waals surface area (Å²) < 4.78 is 42.1. The first-order valence-electron chi connectivity index (χ1n) is 5.53. The maximum Gasteiger partial charge on any atom is 1.00 e. The molecule has 1 rings (SSSR count). The number of halogens is 3. The van der Waals surface area contributed by atoms with Crippen molar-refractivity contribution < 1.29 is 69.1 Å². The van der Waals surface area contributed by atoms with Gasteiger partial charge in [-0.1, -0.05) is 0 Å². The Morgan fingerprint density at radius 2 is 1.88 bits per heavy atom. The molecule has 0 saturated carbocycles. The zero-order valence-electron chi connectivity index (χ0n) is 10.6. The molecule has 0 amide bonds. The average Bonchev–Trinajstić information content (AvgIpc) is 2.17. The molecule has 0 aromatic rings. The molecule has 7 heteroatoms. The largest absolute Gasteiger partial charge is 1.00 e. The number of likely N-dealkylation sites (N-methyl/N-ethyl adjacent to an activating group) is 1. The number of nitrogens with zero attached hydrogens (tertiary/aromatic N) is 1. The van der Waals surface area contributed by atoms with Crippen molar-refractivity contribution in [3.8, 4) is 0 Å². The van der Waals surface area contributed by atoms with E-state index in [1.54, 1.807) is 11.9 Å². The molecule has 0 aromatic carbocycles. The van der Waals surface area contributed by atoms with Gasteiger partial charge in [0.2, 0.25) is 0 Å². The first-order chi connectivity index (χ1) is 7.39. The van der Waals surface area contributed by atoms with E-state index in [-0.39, 0.29) is 57.9 Å². The number of hydrogen-bond acceptors (Lipinski definition) is 2. The Kier molecular flexibility index (Phi) is 8.91. The Morgan fingerprint density at radius 1 is 1.35 bits per heavy atom. The molecule has 0 spiro atoms. The summed E-state index contributed by atoms with van der Waals surface area (Å²) in [7, 11) is 1.71. The minimum Gasteiger partial charge on any atom is -0.445 e. The molecule has 0 radical (unpaired) electrons. The van der Waals surface area contributed by atoms with Gasteiger partial charge in [0.25, 0.3) is 0 Å². The van der Waals surface area contributed by atoms with Gasteiger partial charge in [-0.15, -0.1) is 12.1 Å². The zero-order valence-corrected chi connectivity index (χ0v) is 13.7. The third kappa shape index (κ3) is 7.35. The molecule has 0 aliphatic carbocycles. The van der Waals surface area contributed by atoms with Gasteiger partial charge in [0.15, 0.2) is 0 Å². The van der Waals surface area contributed by atoms with E-state index in [0.29, 0.717) is 12.5 Å². The van der Waals surface area contributed by atoms with Crippen molar-refractivity contribution >= 4 is 6.98 Å². The van der Waals surface area contributed by atoms with Crippen molar-refractivity contribution in [3.63, 3.8) is 0 Å². The Balaban J connectivity index is 0.00000256. The van der Waals surface area contributed by atoms with Crippen molar-refractivity contribution in [3.05, 3.63) is 12.1 Å². The normalized spacial score (nSPS) is 17.9. The van der Waals surface area contributed by atoms with Crippen molar-refractivity contribution in [1.29, 1.82) is 0 Å². The molecular weight excluding hydrogens is 257 g/mol. The van der Waals surface area contributed by atoms with Crippen molar-refractivity contribution in [2.45, 2.75) is 12.8 Å². The predicted octanol–water partition coefficient (Wildman–Crippen LogP) is -0.708. The molecule has 2 nitrogen and oxygen atoms in total. The van der Waals surface area contributed by atoms with Crippen LogP contribution in [0.3, 0.4) is 0 Å². The van der Waals surface area contributed by atoms with Crippen LogP contribution in [-0.4, -0.2) is 45.2 Å². The Hall–Kier alpha value is 1.15. The summed E-state index contributed by atoms with van der Waals surface area (Å²) in [6, 6.07) is 0. The first kappa shape index (κ1) is 18.2. The minimum absolute atomic E-state index is 0. The van der Waals surface area contributed by atoms with Crippen LogP contribution in [0.5, 0.6) is 0 Å². The van der Waals surface area contributed by atoms with E-state index in [2.05, 4.69) is 6.58 Å². The maximum atomic E-state index is 12.3. The molecular formula is C10H18BF3KNO. The molecule has 0 bridgehead atoms. The van der Waals surface area contributed by atoms with E-state index >= 15 is 0 Å². The van der Waals surface area contributed by atoms with Crippen LogP contribution in [0.2, 0.25) is 0 Å². The molecule has 1 saturated heterocycles. The topological polar surface area (TPSA) is 12.5 Å². The standard InChI is InChI=1S/C10H18BF3NO.K/c1-9(11(12,13)14)7-15(2)8-10-3-5-16-6-4-10;/h10H,1,3-8H2,2H3;/q-1;+1. The molecule has 1 aliphatic rings. The van der Waals surface area contributed by atoms with Gasteiger partial charge in [0.1, 0.15) is 0 Å². The van der Waals surface area contributed by atoms with Crippen LogP contribution in [0.15, 0.2) is 12.1 Å². The summed E-state index contributed by atoms with van der Waals surface area (Å²) >= 11 is 0. The summed E-state index contributed by atoms with van der Waals surface area (Å²) in [5.41, 5.74) is -0.616. The second-order valence-corrected chi connectivity index (χ2v) is 4.49. The van der Waals surface area contributed by atoms with Crippen LogP contribution in [0, 0.1) is 5.92 Å². The fourth-order valence-electron chi connectivity index (χ4n) is 1.88. The van der Waals surface area contributed by atoms with Crippen molar-refractivity contribution in [2.24, 2.45) is 5.92 Å². The third-order valence-electron chi connectivity index (χ3n) is 2.85. The van der Waals surface area contributed by atoms with Crippen molar-refractivity contribution in [1.82, 2.24) is 4.90 Å². The van der Waals surface area contributed by atoms with Gasteiger partial charge >= 0.3 is 58.4 Å². The van der Waals surface area contributed by atoms with Gasteiger partial charge in [-0.3, -0.25) is 0 Å². The van der Waals surface area contributed by atoms with Gasteiger partial charge in [-0.25, -0.2) is 0 Å². The van der Waals surface area contributed by atoms with E-state index < -0.39 is 12.4 Å². The summed E-state index contributed by atoms with van der Waals surface area (Å²) in [6.07, 6.45) is 1.88. The Morgan fingerprint density at radius 3 is 2.35 bits per heavy atom.